The minimum absolute atomic E-state index is 0.118. The fourth-order valence-corrected chi connectivity index (χ4v) is 9.19. The molecule has 0 fully saturated rings. The van der Waals surface area contributed by atoms with Crippen molar-refractivity contribution in [2.24, 2.45) is 0 Å². The van der Waals surface area contributed by atoms with Crippen molar-refractivity contribution in [3.8, 4) is 27.9 Å². The Morgan fingerprint density at radius 3 is 1.88 bits per heavy atom. The van der Waals surface area contributed by atoms with Crippen LogP contribution in [0.1, 0.15) is 23.7 Å². The van der Waals surface area contributed by atoms with E-state index in [1.165, 1.54) is 60.4 Å². The lowest BCUT2D eigenvalue weighted by Gasteiger charge is -2.33. The molecule has 57 heavy (non-hydrogen) atoms. The van der Waals surface area contributed by atoms with Gasteiger partial charge in [0.15, 0.2) is 5.76 Å². The molecule has 270 valence electrons. The van der Waals surface area contributed by atoms with Crippen LogP contribution < -0.4 is 10.6 Å². The van der Waals surface area contributed by atoms with E-state index in [1.807, 2.05) is 6.07 Å². The summed E-state index contributed by atoms with van der Waals surface area (Å²) in [5, 5.41) is 13.7. The average Bonchev–Trinajstić information content (AvgIpc) is 3.94. The Morgan fingerprint density at radius 2 is 1.04 bits per heavy atom. The summed E-state index contributed by atoms with van der Waals surface area (Å²) >= 11 is 0. The number of nitrogens with one attached hydrogen (secondary N) is 2. The van der Waals surface area contributed by atoms with E-state index in [2.05, 4.69) is 208 Å². The molecule has 0 saturated heterocycles. The van der Waals surface area contributed by atoms with Gasteiger partial charge in [0.1, 0.15) is 17.9 Å². The van der Waals surface area contributed by atoms with Crippen LogP contribution in [0.15, 0.2) is 199 Å². The zero-order valence-corrected chi connectivity index (χ0v) is 30.9. The molecule has 11 aromatic rings. The number of aromatic nitrogens is 2. The molecule has 12 rings (SSSR count). The van der Waals surface area contributed by atoms with Crippen LogP contribution in [-0.4, -0.2) is 9.13 Å². The van der Waals surface area contributed by atoms with Gasteiger partial charge in [-0.05, 0) is 82.4 Å². The van der Waals surface area contributed by atoms with E-state index < -0.39 is 0 Å². The summed E-state index contributed by atoms with van der Waals surface area (Å²) < 4.78 is 11.5. The van der Waals surface area contributed by atoms with Crippen molar-refractivity contribution in [3.05, 3.63) is 205 Å². The molecule has 5 nitrogen and oxygen atoms in total. The summed E-state index contributed by atoms with van der Waals surface area (Å²) in [5.41, 5.74) is 13.6. The third-order valence-electron chi connectivity index (χ3n) is 11.8. The van der Waals surface area contributed by atoms with Gasteiger partial charge in [0.25, 0.3) is 0 Å². The summed E-state index contributed by atoms with van der Waals surface area (Å²) in [7, 11) is 0. The molecule has 0 radical (unpaired) electrons. The van der Waals surface area contributed by atoms with Crippen molar-refractivity contribution in [2.45, 2.75) is 12.3 Å². The highest BCUT2D eigenvalue weighted by molar-refractivity contribution is 6.12. The Balaban J connectivity index is 1.03. The Morgan fingerprint density at radius 1 is 0.421 bits per heavy atom. The predicted molar refractivity (Wildman–Crippen MR) is 235 cm³/mol. The average molecular weight is 733 g/mol. The van der Waals surface area contributed by atoms with E-state index in [0.29, 0.717) is 0 Å². The molecule has 2 N–H and O–H groups in total. The van der Waals surface area contributed by atoms with Gasteiger partial charge in [-0.2, -0.15) is 0 Å². The monoisotopic (exact) mass is 732 g/mol. The molecule has 0 saturated carbocycles. The van der Waals surface area contributed by atoms with Crippen molar-refractivity contribution in [1.29, 1.82) is 0 Å². The SMILES string of the molecule is c1ccc(-c2cccc(-n3c4ccccc4c4ccc(-c5ccc6c(c5)c5ccccc5n6C5NC(c6ccccc6)Nc6c5oc5ccccc65)cc43)c2)cc1. The number of nitrogens with zero attached hydrogens (tertiary/aromatic N) is 2. The molecule has 4 heterocycles. The minimum Gasteiger partial charge on any atom is -0.455 e. The second-order valence-corrected chi connectivity index (χ2v) is 15.0. The molecule has 0 spiro atoms. The summed E-state index contributed by atoms with van der Waals surface area (Å²) in [6, 6.07) is 69.8. The van der Waals surface area contributed by atoms with E-state index in [-0.39, 0.29) is 12.3 Å². The van der Waals surface area contributed by atoms with Gasteiger partial charge in [-0.15, -0.1) is 0 Å². The van der Waals surface area contributed by atoms with Crippen LogP contribution in [0.2, 0.25) is 0 Å². The van der Waals surface area contributed by atoms with Crippen LogP contribution in [0.5, 0.6) is 0 Å². The van der Waals surface area contributed by atoms with E-state index in [4.69, 9.17) is 4.42 Å². The third-order valence-corrected chi connectivity index (χ3v) is 11.8. The first-order valence-electron chi connectivity index (χ1n) is 19.6. The molecule has 8 aromatic carbocycles. The normalized spacial score (nSPS) is 15.4. The molecule has 0 bridgehead atoms. The van der Waals surface area contributed by atoms with Crippen LogP contribution in [0.4, 0.5) is 5.69 Å². The molecule has 0 amide bonds. The summed E-state index contributed by atoms with van der Waals surface area (Å²) in [6.07, 6.45) is -0.377. The van der Waals surface area contributed by atoms with Gasteiger partial charge in [-0.3, -0.25) is 5.32 Å². The molecule has 2 atom stereocenters. The zero-order chi connectivity index (χ0) is 37.5. The van der Waals surface area contributed by atoms with E-state index in [1.54, 1.807) is 0 Å². The van der Waals surface area contributed by atoms with Crippen molar-refractivity contribution >= 4 is 60.3 Å². The Labute approximate surface area is 329 Å². The first-order valence-corrected chi connectivity index (χ1v) is 19.6. The number of hydrogen-bond donors (Lipinski definition) is 2. The molecule has 1 aliphatic heterocycles. The lowest BCUT2D eigenvalue weighted by molar-refractivity contribution is 0.358. The Hall–Kier alpha value is -7.34. The van der Waals surface area contributed by atoms with Gasteiger partial charge in [-0.25, -0.2) is 0 Å². The summed E-state index contributed by atoms with van der Waals surface area (Å²) in [4.78, 5) is 0. The number of furan rings is 1. The van der Waals surface area contributed by atoms with Crippen molar-refractivity contribution < 1.29 is 4.42 Å². The number of fused-ring (bicyclic) bond motifs is 9. The third kappa shape index (κ3) is 4.99. The number of hydrogen-bond acceptors (Lipinski definition) is 3. The highest BCUT2D eigenvalue weighted by Crippen LogP contribution is 2.45. The summed E-state index contributed by atoms with van der Waals surface area (Å²) in [6.45, 7) is 0. The van der Waals surface area contributed by atoms with Gasteiger partial charge in [0, 0.05) is 32.6 Å². The second kappa shape index (κ2) is 12.6. The maximum absolute atomic E-state index is 6.70. The van der Waals surface area contributed by atoms with E-state index in [0.717, 1.165) is 39.1 Å². The molecular weight excluding hydrogens is 697 g/mol. The van der Waals surface area contributed by atoms with Crippen LogP contribution in [0, 0.1) is 0 Å². The molecule has 0 aliphatic carbocycles. The van der Waals surface area contributed by atoms with Crippen molar-refractivity contribution in [1.82, 2.24) is 14.5 Å². The van der Waals surface area contributed by atoms with Gasteiger partial charge in [0.2, 0.25) is 0 Å². The maximum Gasteiger partial charge on any atom is 0.166 e. The largest absolute Gasteiger partial charge is 0.455 e. The molecule has 3 aromatic heterocycles. The Kier molecular flexibility index (Phi) is 7.06. The lowest BCUT2D eigenvalue weighted by atomic mass is 10.0. The van der Waals surface area contributed by atoms with Gasteiger partial charge >= 0.3 is 0 Å². The second-order valence-electron chi connectivity index (χ2n) is 15.0. The van der Waals surface area contributed by atoms with Crippen LogP contribution >= 0.6 is 0 Å². The first kappa shape index (κ1) is 32.0. The molecular formula is C52H36N4O. The predicted octanol–water partition coefficient (Wildman–Crippen LogP) is 13.2. The number of para-hydroxylation sites is 3. The van der Waals surface area contributed by atoms with Crippen molar-refractivity contribution in [3.63, 3.8) is 0 Å². The topological polar surface area (TPSA) is 47.1 Å². The minimum atomic E-state index is -0.259. The molecule has 1 aliphatic rings. The number of anilines is 1. The smallest absolute Gasteiger partial charge is 0.166 e. The van der Waals surface area contributed by atoms with Crippen LogP contribution in [-0.2, 0) is 0 Å². The lowest BCUT2D eigenvalue weighted by Crippen LogP contribution is -2.39. The van der Waals surface area contributed by atoms with Gasteiger partial charge < -0.3 is 18.9 Å². The first-order chi connectivity index (χ1) is 28.3. The maximum atomic E-state index is 6.70. The summed E-state index contributed by atoms with van der Waals surface area (Å²) in [5.74, 6) is 0.879. The highest BCUT2D eigenvalue weighted by atomic mass is 16.3. The van der Waals surface area contributed by atoms with Gasteiger partial charge in [-0.1, -0.05) is 140 Å². The fourth-order valence-electron chi connectivity index (χ4n) is 9.19. The number of benzene rings is 8. The highest BCUT2D eigenvalue weighted by Gasteiger charge is 2.34. The molecule has 5 heteroatoms. The van der Waals surface area contributed by atoms with Crippen LogP contribution in [0.3, 0.4) is 0 Å². The Bertz CT molecular complexity index is 3320. The van der Waals surface area contributed by atoms with Gasteiger partial charge in [0.05, 0.1) is 27.8 Å². The zero-order valence-electron chi connectivity index (χ0n) is 30.9. The fraction of sp³-hybridized carbons (Fsp3) is 0.0385. The van der Waals surface area contributed by atoms with Crippen LogP contribution in [0.25, 0.3) is 82.5 Å². The molecule has 2 unspecified atom stereocenters. The van der Waals surface area contributed by atoms with Crippen molar-refractivity contribution in [2.75, 3.05) is 5.32 Å². The van der Waals surface area contributed by atoms with E-state index in [9.17, 15) is 0 Å². The quantitative estimate of drug-likeness (QED) is 0.185. The van der Waals surface area contributed by atoms with E-state index >= 15 is 0 Å². The standard InChI is InChI=1S/C52H36N4O/c1-3-14-33(15-4-1)35-18-13-19-38(30-35)55-44-23-10-7-20-39(44)41-28-26-37(32-47(41)55)36-27-29-46-43(31-36)40-21-8-11-24-45(40)56(46)52-50-49(42-22-9-12-25-48(42)57-50)53-51(54-52)34-16-5-2-6-17-34/h1-32,51-54H. The number of rotatable bonds is 5.